The second kappa shape index (κ2) is 13.1. The van der Waals surface area contributed by atoms with Gasteiger partial charge in [0, 0.05) is 51.5 Å². The monoisotopic (exact) mass is 602 g/mol. The Bertz CT molecular complexity index is 1300. The number of hydrogen-bond acceptors (Lipinski definition) is 8. The van der Waals surface area contributed by atoms with Crippen LogP contribution in [-0.4, -0.2) is 105 Å². The average molecular weight is 603 g/mol. The maximum atomic E-state index is 12.8. The third-order valence-corrected chi connectivity index (χ3v) is 9.06. The number of hydrogen-bond donors (Lipinski definition) is 4. The maximum Gasteiger partial charge on any atom is 0.354 e. The Morgan fingerprint density at radius 2 is 1.71 bits per heavy atom. The minimum absolute atomic E-state index is 0. The van der Waals surface area contributed by atoms with Crippen molar-refractivity contribution in [1.82, 2.24) is 24.3 Å². The summed E-state index contributed by atoms with van der Waals surface area (Å²) < 4.78 is 1.45. The molecule has 230 valence electrons. The average Bonchev–Trinajstić information content (AvgIpc) is 3.46. The van der Waals surface area contributed by atoms with Crippen LogP contribution >= 0.6 is 12.4 Å². The topological polar surface area (TPSA) is 163 Å². The quantitative estimate of drug-likeness (QED) is 0.322. The number of nitrogens with zero attached hydrogens (tertiary/aromatic N) is 5. The van der Waals surface area contributed by atoms with Gasteiger partial charge >= 0.3 is 11.7 Å². The van der Waals surface area contributed by atoms with Crippen LogP contribution in [-0.2, 0) is 11.2 Å². The van der Waals surface area contributed by atoms with Gasteiger partial charge in [-0.05, 0) is 67.8 Å². The van der Waals surface area contributed by atoms with Gasteiger partial charge in [-0.1, -0.05) is 19.1 Å². The van der Waals surface area contributed by atoms with E-state index in [1.54, 1.807) is 22.1 Å². The molecule has 5 rings (SSSR count). The van der Waals surface area contributed by atoms with Crippen molar-refractivity contribution in [2.45, 2.75) is 38.3 Å². The number of piperazine rings is 1. The zero-order chi connectivity index (χ0) is 29.3. The highest BCUT2D eigenvalue weighted by atomic mass is 35.5. The van der Waals surface area contributed by atoms with Crippen LogP contribution in [0.15, 0.2) is 41.3 Å². The second-order valence-corrected chi connectivity index (χ2v) is 11.9. The van der Waals surface area contributed by atoms with Crippen LogP contribution < -0.4 is 22.5 Å². The molecule has 1 aromatic carbocycles. The molecule has 6 N–H and O–H groups in total. The number of amides is 3. The van der Waals surface area contributed by atoms with Gasteiger partial charge in [-0.3, -0.25) is 19.6 Å². The summed E-state index contributed by atoms with van der Waals surface area (Å²) in [6.07, 6.45) is 3.67. The van der Waals surface area contributed by atoms with E-state index in [2.05, 4.69) is 34.3 Å². The molecule has 0 radical (unpaired) electrons. The molecule has 0 spiro atoms. The van der Waals surface area contributed by atoms with Crippen LogP contribution in [0.4, 0.5) is 10.6 Å². The summed E-state index contributed by atoms with van der Waals surface area (Å²) in [6.45, 7) is 7.59. The molecule has 1 saturated carbocycles. The molecular formula is C29H43ClN8O4. The predicted molar refractivity (Wildman–Crippen MR) is 163 cm³/mol. The first-order valence-corrected chi connectivity index (χ1v) is 14.5. The number of likely N-dealkylation sites (tertiary alicyclic amines) is 1. The van der Waals surface area contributed by atoms with Crippen molar-refractivity contribution in [3.8, 4) is 5.69 Å². The number of carbonyl (C=O) groups is 2. The van der Waals surface area contributed by atoms with E-state index >= 15 is 0 Å². The lowest BCUT2D eigenvalue weighted by molar-refractivity contribution is -0.139. The molecule has 2 saturated heterocycles. The Hall–Kier alpha value is -3.03. The number of aliphatic hydroxyl groups is 1. The van der Waals surface area contributed by atoms with Gasteiger partial charge in [-0.25, -0.2) is 9.59 Å². The molecule has 3 fully saturated rings. The number of halogens is 1. The largest absolute Gasteiger partial charge is 0.394 e. The Morgan fingerprint density at radius 1 is 1.10 bits per heavy atom. The minimum Gasteiger partial charge on any atom is -0.394 e. The molecule has 1 aromatic heterocycles. The highest BCUT2D eigenvalue weighted by Gasteiger charge is 2.55. The van der Waals surface area contributed by atoms with Crippen molar-refractivity contribution in [3.63, 3.8) is 0 Å². The summed E-state index contributed by atoms with van der Waals surface area (Å²) in [4.78, 5) is 47.8. The number of nitrogens with one attached hydrogen (secondary N) is 1. The molecule has 2 aliphatic heterocycles. The lowest BCUT2D eigenvalue weighted by Crippen LogP contribution is -2.60. The third-order valence-electron chi connectivity index (χ3n) is 9.06. The zero-order valence-corrected chi connectivity index (χ0v) is 25.1. The molecule has 3 aliphatic rings. The van der Waals surface area contributed by atoms with Gasteiger partial charge in [0.1, 0.15) is 11.4 Å². The lowest BCUT2D eigenvalue weighted by atomic mass is 10.0. The highest BCUT2D eigenvalue weighted by molar-refractivity contribution is 5.89. The van der Waals surface area contributed by atoms with Gasteiger partial charge in [0.05, 0.1) is 12.3 Å². The molecule has 2 aromatic rings. The molecule has 42 heavy (non-hydrogen) atoms. The first-order chi connectivity index (χ1) is 19.6. The van der Waals surface area contributed by atoms with Gasteiger partial charge in [0.2, 0.25) is 5.91 Å². The predicted octanol–water partition coefficient (Wildman–Crippen LogP) is 0.498. The number of urea groups is 1. The highest BCUT2D eigenvalue weighted by Crippen LogP contribution is 2.51. The number of aromatic nitrogens is 2. The SMILES string of the molecule is CCC(Cc1ccc(-n2ccc(NC(=O)N3CCN(C(=O)[C@@](C)(N)CO)CC3)nc2=O)cc1)N1CC2C(CN)C2C1.Cl. The summed E-state index contributed by atoms with van der Waals surface area (Å²) in [6, 6.07) is 9.69. The summed E-state index contributed by atoms with van der Waals surface area (Å²) >= 11 is 0. The normalized spacial score (nSPS) is 23.9. The standard InChI is InChI=1S/C29H42N8O4.ClH/c1-3-20(36-16-23-22(15-30)24(23)17-36)14-19-4-6-21(7-5-19)37-9-8-25(33-28(37)41)32-27(40)35-12-10-34(11-13-35)26(39)29(2,31)18-38;/h4-9,20,22-24,38H,3,10-18,30-31H2,1-2H3,(H,32,33,40,41);1H/t20?,22?,23?,24?,29-;/m0./s1. The smallest absolute Gasteiger partial charge is 0.354 e. The molecule has 1 aliphatic carbocycles. The van der Waals surface area contributed by atoms with E-state index in [0.717, 1.165) is 50.2 Å². The van der Waals surface area contributed by atoms with Crippen molar-refractivity contribution < 1.29 is 14.7 Å². The minimum atomic E-state index is -1.35. The number of rotatable bonds is 9. The van der Waals surface area contributed by atoms with E-state index in [1.165, 1.54) is 17.1 Å². The number of anilines is 1. The molecule has 3 unspecified atom stereocenters. The van der Waals surface area contributed by atoms with Gasteiger partial charge in [-0.2, -0.15) is 4.98 Å². The van der Waals surface area contributed by atoms with Gasteiger partial charge in [0.15, 0.2) is 0 Å². The lowest BCUT2D eigenvalue weighted by Gasteiger charge is -2.37. The first-order valence-electron chi connectivity index (χ1n) is 14.5. The maximum absolute atomic E-state index is 12.8. The van der Waals surface area contributed by atoms with Crippen LogP contribution in [0.2, 0.25) is 0 Å². The van der Waals surface area contributed by atoms with Crippen molar-refractivity contribution >= 4 is 30.2 Å². The molecule has 12 nitrogen and oxygen atoms in total. The molecule has 4 atom stereocenters. The molecule has 13 heteroatoms. The zero-order valence-electron chi connectivity index (χ0n) is 24.3. The fraction of sp³-hybridized carbons (Fsp3) is 0.586. The summed E-state index contributed by atoms with van der Waals surface area (Å²) in [5.74, 6) is 2.10. The van der Waals surface area contributed by atoms with Gasteiger partial charge in [0.25, 0.3) is 0 Å². The Labute approximate surface area is 252 Å². The summed E-state index contributed by atoms with van der Waals surface area (Å²) in [7, 11) is 0. The van der Waals surface area contributed by atoms with Crippen LogP contribution in [0.5, 0.6) is 0 Å². The molecule has 3 heterocycles. The van der Waals surface area contributed by atoms with E-state index < -0.39 is 23.9 Å². The van der Waals surface area contributed by atoms with Gasteiger partial charge < -0.3 is 26.4 Å². The van der Waals surface area contributed by atoms with Crippen molar-refractivity contribution in [2.24, 2.45) is 29.2 Å². The number of carbonyl (C=O) groups excluding carboxylic acids is 2. The van der Waals surface area contributed by atoms with Crippen molar-refractivity contribution in [1.29, 1.82) is 0 Å². The fourth-order valence-corrected chi connectivity index (χ4v) is 6.33. The van der Waals surface area contributed by atoms with E-state index in [-0.39, 0.29) is 24.1 Å². The number of benzene rings is 1. The summed E-state index contributed by atoms with van der Waals surface area (Å²) in [5, 5.41) is 12.0. The molecular weight excluding hydrogens is 560 g/mol. The third kappa shape index (κ3) is 6.63. The number of aliphatic hydroxyl groups excluding tert-OH is 1. The second-order valence-electron chi connectivity index (χ2n) is 11.9. The van der Waals surface area contributed by atoms with Crippen LogP contribution in [0.3, 0.4) is 0 Å². The van der Waals surface area contributed by atoms with E-state index in [0.29, 0.717) is 37.9 Å². The van der Waals surface area contributed by atoms with Gasteiger partial charge in [-0.15, -0.1) is 12.4 Å². The summed E-state index contributed by atoms with van der Waals surface area (Å²) in [5.41, 5.74) is 11.8. The number of piperidine rings is 1. The van der Waals surface area contributed by atoms with E-state index in [4.69, 9.17) is 11.5 Å². The van der Waals surface area contributed by atoms with Crippen LogP contribution in [0.1, 0.15) is 25.8 Å². The van der Waals surface area contributed by atoms with Crippen molar-refractivity contribution in [2.75, 3.05) is 57.7 Å². The van der Waals surface area contributed by atoms with E-state index in [1.807, 2.05) is 12.1 Å². The van der Waals surface area contributed by atoms with E-state index in [9.17, 15) is 19.5 Å². The Kier molecular flexibility index (Phi) is 9.94. The van der Waals surface area contributed by atoms with Crippen LogP contribution in [0.25, 0.3) is 5.69 Å². The Balaban J connectivity index is 0.00000405. The Morgan fingerprint density at radius 3 is 2.26 bits per heavy atom. The first kappa shape index (κ1) is 31.9. The van der Waals surface area contributed by atoms with Crippen molar-refractivity contribution in [3.05, 3.63) is 52.6 Å². The number of fused-ring (bicyclic) bond motifs is 1. The number of nitrogens with two attached hydrogens (primary N) is 2. The molecule has 0 bridgehead atoms. The molecule has 3 amide bonds. The fourth-order valence-electron chi connectivity index (χ4n) is 6.33. The van der Waals surface area contributed by atoms with Crippen LogP contribution in [0, 0.1) is 17.8 Å².